The molecule has 0 saturated carbocycles. The van der Waals surface area contributed by atoms with Crippen LogP contribution in [0.5, 0.6) is 0 Å². The summed E-state index contributed by atoms with van der Waals surface area (Å²) in [5.74, 6) is 0.756. The molecule has 56 heavy (non-hydrogen) atoms. The first-order valence-corrected chi connectivity index (χ1v) is 19.1. The van der Waals surface area contributed by atoms with Crippen molar-refractivity contribution >= 4 is 21.9 Å². The summed E-state index contributed by atoms with van der Waals surface area (Å²) in [5.41, 5.74) is 17.8. The quantitative estimate of drug-likeness (QED) is 0.172. The summed E-state index contributed by atoms with van der Waals surface area (Å²) >= 11 is 0. The Bertz CT molecular complexity index is 3000. The number of rotatable bonds is 6. The van der Waals surface area contributed by atoms with Gasteiger partial charge in [0, 0.05) is 38.9 Å². The van der Waals surface area contributed by atoms with Crippen LogP contribution in [0, 0.1) is 0 Å². The van der Waals surface area contributed by atoms with Crippen LogP contribution in [0.1, 0.15) is 22.6 Å². The van der Waals surface area contributed by atoms with Gasteiger partial charge in [-0.25, -0.2) is 9.97 Å². The number of hydrogen-bond donors (Lipinski definition) is 0. The van der Waals surface area contributed by atoms with Crippen molar-refractivity contribution in [2.24, 2.45) is 0 Å². The molecular weight excluding hydrogens is 681 g/mol. The van der Waals surface area contributed by atoms with Crippen LogP contribution >= 0.6 is 0 Å². The van der Waals surface area contributed by atoms with Gasteiger partial charge < -0.3 is 4.42 Å². The maximum absolute atomic E-state index is 6.86. The first-order valence-electron chi connectivity index (χ1n) is 19.1. The lowest BCUT2D eigenvalue weighted by atomic mass is 9.87. The topological polar surface area (TPSA) is 38.9 Å². The average molecular weight is 715 g/mol. The van der Waals surface area contributed by atoms with Gasteiger partial charge in [0.25, 0.3) is 0 Å². The Hall–Kier alpha value is -7.36. The van der Waals surface area contributed by atoms with Crippen molar-refractivity contribution in [1.82, 2.24) is 9.97 Å². The molecule has 3 nitrogen and oxygen atoms in total. The van der Waals surface area contributed by atoms with Gasteiger partial charge in [0.15, 0.2) is 5.82 Å². The summed E-state index contributed by atoms with van der Waals surface area (Å²) < 4.78 is 6.86. The molecule has 2 heterocycles. The van der Waals surface area contributed by atoms with E-state index in [-0.39, 0.29) is 5.92 Å². The van der Waals surface area contributed by atoms with Gasteiger partial charge >= 0.3 is 0 Å². The summed E-state index contributed by atoms with van der Waals surface area (Å²) in [7, 11) is 0. The fourth-order valence-corrected chi connectivity index (χ4v) is 8.57. The van der Waals surface area contributed by atoms with Crippen LogP contribution in [-0.2, 0) is 0 Å². The minimum atomic E-state index is 0.0606. The van der Waals surface area contributed by atoms with Crippen molar-refractivity contribution in [2.45, 2.75) is 5.92 Å². The van der Waals surface area contributed by atoms with E-state index >= 15 is 0 Å². The Kier molecular flexibility index (Phi) is 7.56. The van der Waals surface area contributed by atoms with E-state index < -0.39 is 0 Å². The maximum atomic E-state index is 6.86. The fourth-order valence-electron chi connectivity index (χ4n) is 8.57. The molecule has 0 N–H and O–H groups in total. The lowest BCUT2D eigenvalue weighted by molar-refractivity contribution is 0.661. The van der Waals surface area contributed by atoms with Gasteiger partial charge in [-0.05, 0) is 62.7 Å². The summed E-state index contributed by atoms with van der Waals surface area (Å²) in [6.07, 6.45) is 0. The first kappa shape index (κ1) is 32.1. The standard InChI is InChI=1S/C53H34N2O/c1-4-14-34(15-5-1)39-30-31-43-46(32-39)41-20-10-11-21-42(41)50(43)44-23-12-24-45-51-40(22-13-25-49(51)56-52(44)45)35-26-28-38(29-27-35)53-54-47(36-16-6-2-7-17-36)33-48(55-53)37-18-8-3-9-19-37/h1-33,50H/t50-/m0/s1. The molecule has 10 aromatic rings. The first-order chi connectivity index (χ1) is 27.8. The lowest BCUT2D eigenvalue weighted by Crippen LogP contribution is -1.99. The number of hydrogen-bond acceptors (Lipinski definition) is 3. The second-order valence-electron chi connectivity index (χ2n) is 14.5. The van der Waals surface area contributed by atoms with E-state index in [1.165, 1.54) is 38.9 Å². The normalized spacial score (nSPS) is 13.2. The van der Waals surface area contributed by atoms with Crippen LogP contribution in [0.2, 0.25) is 0 Å². The van der Waals surface area contributed by atoms with Crippen LogP contribution in [0.3, 0.4) is 0 Å². The minimum absolute atomic E-state index is 0.0606. The Morgan fingerprint density at radius 2 is 0.911 bits per heavy atom. The Morgan fingerprint density at radius 1 is 0.357 bits per heavy atom. The van der Waals surface area contributed by atoms with Crippen LogP contribution in [0.25, 0.3) is 89.2 Å². The molecule has 11 rings (SSSR count). The second kappa shape index (κ2) is 13.2. The van der Waals surface area contributed by atoms with E-state index in [1.54, 1.807) is 0 Å². The molecule has 1 aliphatic carbocycles. The van der Waals surface area contributed by atoms with Gasteiger partial charge in [0.05, 0.1) is 11.4 Å². The van der Waals surface area contributed by atoms with Crippen molar-refractivity contribution in [2.75, 3.05) is 0 Å². The highest BCUT2D eigenvalue weighted by atomic mass is 16.3. The molecule has 262 valence electrons. The van der Waals surface area contributed by atoms with Crippen molar-refractivity contribution in [3.8, 4) is 67.3 Å². The van der Waals surface area contributed by atoms with E-state index in [4.69, 9.17) is 14.4 Å². The smallest absolute Gasteiger partial charge is 0.160 e. The largest absolute Gasteiger partial charge is 0.456 e. The Labute approximate surface area is 325 Å². The van der Waals surface area contributed by atoms with Gasteiger partial charge in [-0.1, -0.05) is 182 Å². The van der Waals surface area contributed by atoms with Crippen molar-refractivity contribution < 1.29 is 4.42 Å². The molecule has 3 heteroatoms. The number of fused-ring (bicyclic) bond motifs is 6. The molecule has 1 atom stereocenters. The van der Waals surface area contributed by atoms with Gasteiger partial charge in [-0.2, -0.15) is 0 Å². The number of nitrogens with zero attached hydrogens (tertiary/aromatic N) is 2. The van der Waals surface area contributed by atoms with Crippen LogP contribution < -0.4 is 0 Å². The van der Waals surface area contributed by atoms with Crippen molar-refractivity contribution in [3.63, 3.8) is 0 Å². The average Bonchev–Trinajstić information content (AvgIpc) is 3.83. The highest BCUT2D eigenvalue weighted by molar-refractivity contribution is 6.13. The summed E-state index contributed by atoms with van der Waals surface area (Å²) in [4.78, 5) is 10.1. The van der Waals surface area contributed by atoms with E-state index in [9.17, 15) is 0 Å². The molecule has 0 fully saturated rings. The Balaban J connectivity index is 1.01. The molecule has 0 saturated heterocycles. The van der Waals surface area contributed by atoms with Crippen LogP contribution in [-0.4, -0.2) is 9.97 Å². The van der Waals surface area contributed by atoms with E-state index in [1.807, 2.05) is 36.4 Å². The fraction of sp³-hybridized carbons (Fsp3) is 0.0189. The van der Waals surface area contributed by atoms with Gasteiger partial charge in [0.2, 0.25) is 0 Å². The zero-order chi connectivity index (χ0) is 37.0. The van der Waals surface area contributed by atoms with Gasteiger partial charge in [0.1, 0.15) is 11.2 Å². The third-order valence-electron chi connectivity index (χ3n) is 11.2. The van der Waals surface area contributed by atoms with Gasteiger partial charge in [-0.15, -0.1) is 0 Å². The molecule has 0 aliphatic heterocycles. The molecule has 0 radical (unpaired) electrons. The molecule has 0 bridgehead atoms. The minimum Gasteiger partial charge on any atom is -0.456 e. The summed E-state index contributed by atoms with van der Waals surface area (Å²) in [5, 5.41) is 2.24. The maximum Gasteiger partial charge on any atom is 0.160 e. The number of para-hydroxylation sites is 1. The van der Waals surface area contributed by atoms with Gasteiger partial charge in [-0.3, -0.25) is 0 Å². The molecule has 8 aromatic carbocycles. The monoisotopic (exact) mass is 714 g/mol. The molecule has 2 aromatic heterocycles. The predicted molar refractivity (Wildman–Crippen MR) is 229 cm³/mol. The Morgan fingerprint density at radius 3 is 1.62 bits per heavy atom. The third-order valence-corrected chi connectivity index (χ3v) is 11.2. The summed E-state index contributed by atoms with van der Waals surface area (Å²) in [6, 6.07) is 70.8. The zero-order valence-electron chi connectivity index (χ0n) is 30.4. The van der Waals surface area contributed by atoms with E-state index in [2.05, 4.69) is 164 Å². The molecule has 0 amide bonds. The molecular formula is C53H34N2O. The highest BCUT2D eigenvalue weighted by Crippen LogP contribution is 2.51. The number of benzene rings is 8. The second-order valence-corrected chi connectivity index (χ2v) is 14.5. The SMILES string of the molecule is c1ccc(-c2ccc3c(c2)-c2ccccc2[C@@H]3c2cccc3c2oc2cccc(-c4ccc(-c5nc(-c6ccccc6)cc(-c6ccccc6)n5)cc4)c23)cc1. The molecule has 1 aliphatic rings. The van der Waals surface area contributed by atoms with E-state index in [0.717, 1.165) is 61.1 Å². The van der Waals surface area contributed by atoms with Crippen LogP contribution in [0.15, 0.2) is 205 Å². The number of furan rings is 1. The van der Waals surface area contributed by atoms with Crippen molar-refractivity contribution in [1.29, 1.82) is 0 Å². The summed E-state index contributed by atoms with van der Waals surface area (Å²) in [6.45, 7) is 0. The third kappa shape index (κ3) is 5.36. The van der Waals surface area contributed by atoms with Crippen LogP contribution in [0.4, 0.5) is 0 Å². The number of aromatic nitrogens is 2. The van der Waals surface area contributed by atoms with Crippen molar-refractivity contribution in [3.05, 3.63) is 217 Å². The van der Waals surface area contributed by atoms with E-state index in [0.29, 0.717) is 5.82 Å². The molecule has 0 spiro atoms. The lowest BCUT2D eigenvalue weighted by Gasteiger charge is -2.15. The zero-order valence-corrected chi connectivity index (χ0v) is 30.4. The highest BCUT2D eigenvalue weighted by Gasteiger charge is 2.32. The molecule has 0 unspecified atom stereocenters. The predicted octanol–water partition coefficient (Wildman–Crippen LogP) is 13.9.